The molecule has 0 aromatic heterocycles. The molecule has 0 aliphatic heterocycles. The van der Waals surface area contributed by atoms with Crippen LogP contribution in [0.15, 0.2) is 109 Å². The summed E-state index contributed by atoms with van der Waals surface area (Å²) >= 11 is 0. The van der Waals surface area contributed by atoms with Crippen molar-refractivity contribution >= 4 is 11.9 Å². The second kappa shape index (κ2) is 22.1. The van der Waals surface area contributed by atoms with E-state index in [2.05, 4.69) is 0 Å². The predicted molar refractivity (Wildman–Crippen MR) is 183 cm³/mol. The van der Waals surface area contributed by atoms with E-state index in [1.165, 1.54) is 0 Å². The third kappa shape index (κ3) is 14.9. The summed E-state index contributed by atoms with van der Waals surface area (Å²) in [5, 5.41) is 0. The van der Waals surface area contributed by atoms with Crippen LogP contribution in [0.1, 0.15) is 77.6 Å². The molecule has 4 aromatic rings. The van der Waals surface area contributed by atoms with E-state index in [-0.39, 0.29) is 38.7 Å². The number of carbonyl (C=O) groups is 2. The van der Waals surface area contributed by atoms with Crippen molar-refractivity contribution < 1.29 is 38.0 Å². The molecule has 0 unspecified atom stereocenters. The maximum Gasteiger partial charge on any atom is 0.338 e. The van der Waals surface area contributed by atoms with Gasteiger partial charge in [-0.15, -0.1) is 0 Å². The molecule has 0 N–H and O–H groups in total. The molecule has 0 heterocycles. The van der Waals surface area contributed by atoms with Gasteiger partial charge >= 0.3 is 11.9 Å². The first-order chi connectivity index (χ1) is 23.7. The maximum absolute atomic E-state index is 12.1. The Morgan fingerprint density at radius 1 is 0.458 bits per heavy atom. The molecule has 0 saturated heterocycles. The number of unbranched alkanes of at least 4 members (excludes halogenated alkanes) is 5. The zero-order chi connectivity index (χ0) is 33.5. The van der Waals surface area contributed by atoms with Crippen molar-refractivity contribution in [3.8, 4) is 5.75 Å². The lowest BCUT2D eigenvalue weighted by molar-refractivity contribution is -0.145. The van der Waals surface area contributed by atoms with Crippen LogP contribution in [-0.2, 0) is 54.9 Å². The molecule has 0 saturated carbocycles. The highest BCUT2D eigenvalue weighted by Gasteiger charge is 2.07. The monoisotopic (exact) mass is 654 g/mol. The molecule has 0 radical (unpaired) electrons. The van der Waals surface area contributed by atoms with Crippen molar-refractivity contribution in [3.63, 3.8) is 0 Å². The van der Waals surface area contributed by atoms with Crippen LogP contribution in [0.4, 0.5) is 0 Å². The van der Waals surface area contributed by atoms with Gasteiger partial charge < -0.3 is 28.4 Å². The zero-order valence-electron chi connectivity index (χ0n) is 27.6. The fraction of sp³-hybridized carbons (Fsp3) is 0.350. The van der Waals surface area contributed by atoms with Crippen molar-refractivity contribution in [2.24, 2.45) is 0 Å². The fourth-order valence-electron chi connectivity index (χ4n) is 4.75. The lowest BCUT2D eigenvalue weighted by Gasteiger charge is -2.08. The molecule has 254 valence electrons. The Hall–Kier alpha value is -4.50. The van der Waals surface area contributed by atoms with E-state index in [4.69, 9.17) is 28.4 Å². The summed E-state index contributed by atoms with van der Waals surface area (Å²) in [6.07, 6.45) is 6.56. The normalized spacial score (nSPS) is 10.8. The molecule has 0 amide bonds. The van der Waals surface area contributed by atoms with Crippen LogP contribution in [-0.4, -0.2) is 32.1 Å². The largest absolute Gasteiger partial charge is 0.468 e. The first-order valence-corrected chi connectivity index (χ1v) is 16.6. The molecule has 0 aliphatic rings. The second-order valence-corrected chi connectivity index (χ2v) is 11.4. The highest BCUT2D eigenvalue weighted by Crippen LogP contribution is 2.13. The number of carbonyl (C=O) groups excluding carboxylic acids is 2. The number of para-hydroxylation sites is 1. The van der Waals surface area contributed by atoms with Crippen molar-refractivity contribution in [2.75, 3.05) is 20.2 Å². The maximum atomic E-state index is 12.1. The van der Waals surface area contributed by atoms with Crippen LogP contribution in [0.2, 0.25) is 0 Å². The highest BCUT2D eigenvalue weighted by atomic mass is 16.7. The minimum atomic E-state index is -0.332. The van der Waals surface area contributed by atoms with Crippen LogP contribution in [0, 0.1) is 0 Å². The second-order valence-electron chi connectivity index (χ2n) is 11.4. The van der Waals surface area contributed by atoms with Crippen LogP contribution in [0.25, 0.3) is 0 Å². The number of ether oxygens (including phenoxy) is 6. The standard InChI is InChI=1S/C40H46O8/c41-39(46-29-35-22-18-34(19-23-35)28-45-32-48-38-15-9-6-10-16-38)17-11-3-1-2-4-12-26-43-31-44-27-33-20-24-36(25-21-33)30-47-40(42)37-13-7-5-8-14-37/h5-10,13-16,18-25H,1-4,11-12,17,26-32H2. The third-order valence-electron chi connectivity index (χ3n) is 7.50. The van der Waals surface area contributed by atoms with Crippen molar-refractivity contribution in [3.05, 3.63) is 137 Å². The minimum Gasteiger partial charge on any atom is -0.468 e. The Labute approximate surface area is 283 Å². The average Bonchev–Trinajstić information content (AvgIpc) is 3.13. The van der Waals surface area contributed by atoms with Gasteiger partial charge in [0.1, 0.15) is 25.8 Å². The lowest BCUT2D eigenvalue weighted by Crippen LogP contribution is -2.05. The zero-order valence-corrected chi connectivity index (χ0v) is 27.6. The van der Waals surface area contributed by atoms with Crippen molar-refractivity contribution in [1.82, 2.24) is 0 Å². The number of hydrogen-bond acceptors (Lipinski definition) is 8. The van der Waals surface area contributed by atoms with E-state index in [0.717, 1.165) is 66.5 Å². The summed E-state index contributed by atoms with van der Waals surface area (Å²) in [5.41, 5.74) is 4.48. The summed E-state index contributed by atoms with van der Waals surface area (Å²) in [6.45, 7) is 2.51. The molecule has 4 rings (SSSR count). The van der Waals surface area contributed by atoms with E-state index in [1.54, 1.807) is 12.1 Å². The van der Waals surface area contributed by atoms with Gasteiger partial charge in [-0.2, -0.15) is 0 Å². The van der Waals surface area contributed by atoms with Gasteiger partial charge in [0.2, 0.25) is 0 Å². The summed E-state index contributed by atoms with van der Waals surface area (Å²) in [5.74, 6) is 0.286. The van der Waals surface area contributed by atoms with Gasteiger partial charge in [-0.3, -0.25) is 4.79 Å². The molecule has 4 aromatic carbocycles. The minimum absolute atomic E-state index is 0.158. The van der Waals surface area contributed by atoms with Gasteiger partial charge in [0, 0.05) is 13.0 Å². The molecule has 0 aliphatic carbocycles. The smallest absolute Gasteiger partial charge is 0.338 e. The van der Waals surface area contributed by atoms with E-state index in [1.807, 2.05) is 97.1 Å². The van der Waals surface area contributed by atoms with E-state index < -0.39 is 0 Å². The van der Waals surface area contributed by atoms with E-state index in [9.17, 15) is 9.59 Å². The Kier molecular flexibility index (Phi) is 16.8. The van der Waals surface area contributed by atoms with Gasteiger partial charge in [-0.05, 0) is 59.4 Å². The topological polar surface area (TPSA) is 89.5 Å². The van der Waals surface area contributed by atoms with Gasteiger partial charge in [0.15, 0.2) is 6.79 Å². The molecule has 8 heteroatoms. The fourth-order valence-corrected chi connectivity index (χ4v) is 4.75. The van der Waals surface area contributed by atoms with Crippen LogP contribution in [0.5, 0.6) is 5.75 Å². The molecule has 48 heavy (non-hydrogen) atoms. The van der Waals surface area contributed by atoms with Crippen LogP contribution >= 0.6 is 0 Å². The molecule has 0 fully saturated rings. The first kappa shape index (κ1) is 36.3. The Morgan fingerprint density at radius 3 is 1.58 bits per heavy atom. The summed E-state index contributed by atoms with van der Waals surface area (Å²) in [4.78, 5) is 24.2. The number of benzene rings is 4. The summed E-state index contributed by atoms with van der Waals surface area (Å²) in [7, 11) is 0. The number of hydrogen-bond donors (Lipinski definition) is 0. The van der Waals surface area contributed by atoms with Gasteiger partial charge in [0.05, 0.1) is 18.8 Å². The lowest BCUT2D eigenvalue weighted by atomic mass is 10.1. The van der Waals surface area contributed by atoms with Gasteiger partial charge in [-0.1, -0.05) is 111 Å². The molecular weight excluding hydrogens is 608 g/mol. The molecule has 0 spiro atoms. The highest BCUT2D eigenvalue weighted by molar-refractivity contribution is 5.89. The number of rotatable bonds is 23. The average molecular weight is 655 g/mol. The predicted octanol–water partition coefficient (Wildman–Crippen LogP) is 8.56. The molecule has 8 nitrogen and oxygen atoms in total. The van der Waals surface area contributed by atoms with Crippen LogP contribution in [0.3, 0.4) is 0 Å². The molecule has 0 bridgehead atoms. The molecular formula is C40H46O8. The van der Waals surface area contributed by atoms with Gasteiger partial charge in [0.25, 0.3) is 0 Å². The Bertz CT molecular complexity index is 1440. The summed E-state index contributed by atoms with van der Waals surface area (Å²) < 4.78 is 33.1. The van der Waals surface area contributed by atoms with Gasteiger partial charge in [-0.25, -0.2) is 4.79 Å². The Morgan fingerprint density at radius 2 is 0.958 bits per heavy atom. The Balaban J connectivity index is 0.913. The quantitative estimate of drug-likeness (QED) is 0.0447. The van der Waals surface area contributed by atoms with E-state index >= 15 is 0 Å². The van der Waals surface area contributed by atoms with E-state index in [0.29, 0.717) is 31.8 Å². The van der Waals surface area contributed by atoms with Crippen molar-refractivity contribution in [2.45, 2.75) is 71.4 Å². The first-order valence-electron chi connectivity index (χ1n) is 16.6. The third-order valence-corrected chi connectivity index (χ3v) is 7.50. The molecule has 0 atom stereocenters. The number of esters is 2. The SMILES string of the molecule is O=C(CCCCCCCCOCOCc1ccc(COC(=O)c2ccccc2)cc1)OCc1ccc(COCOc2ccccc2)cc1. The van der Waals surface area contributed by atoms with Crippen molar-refractivity contribution in [1.29, 1.82) is 0 Å². The van der Waals surface area contributed by atoms with Crippen LogP contribution < -0.4 is 4.74 Å². The summed E-state index contributed by atoms with van der Waals surface area (Å²) in [6, 6.07) is 34.2.